The molecule has 5 heteroatoms. The molecular weight excluding hydrogens is 339 g/mol. The second-order valence-corrected chi connectivity index (χ2v) is 7.49. The van der Waals surface area contributed by atoms with Crippen molar-refractivity contribution in [2.75, 3.05) is 6.54 Å². The standard InChI is InChI=1S/C22H25FN4/c1-16(2)22-24-12-14-27(22)21-7-3-5-19(25-21)20-6-4-13-26(20)15-17-8-10-18(23)11-9-17/h3,5,7-12,14,16,20H,4,6,13,15H2,1-2H3/t20-/m0/s1. The number of aromatic nitrogens is 3. The minimum Gasteiger partial charge on any atom is -0.291 e. The molecule has 0 aliphatic carbocycles. The molecule has 0 saturated carbocycles. The van der Waals surface area contributed by atoms with Crippen LogP contribution in [-0.2, 0) is 6.54 Å². The van der Waals surface area contributed by atoms with E-state index in [1.54, 1.807) is 0 Å². The van der Waals surface area contributed by atoms with Crippen LogP contribution in [0.25, 0.3) is 5.82 Å². The van der Waals surface area contributed by atoms with E-state index in [9.17, 15) is 4.39 Å². The molecule has 0 bridgehead atoms. The number of rotatable bonds is 5. The van der Waals surface area contributed by atoms with Gasteiger partial charge in [-0.05, 0) is 49.2 Å². The summed E-state index contributed by atoms with van der Waals surface area (Å²) >= 11 is 0. The molecule has 0 unspecified atom stereocenters. The summed E-state index contributed by atoms with van der Waals surface area (Å²) in [5.41, 5.74) is 2.23. The highest BCUT2D eigenvalue weighted by Crippen LogP contribution is 2.32. The number of benzene rings is 1. The molecule has 0 spiro atoms. The van der Waals surface area contributed by atoms with Gasteiger partial charge in [0.2, 0.25) is 0 Å². The minimum atomic E-state index is -0.188. The Labute approximate surface area is 159 Å². The van der Waals surface area contributed by atoms with E-state index in [1.807, 2.05) is 30.6 Å². The van der Waals surface area contributed by atoms with Gasteiger partial charge >= 0.3 is 0 Å². The van der Waals surface area contributed by atoms with Crippen LogP contribution in [0.1, 0.15) is 55.7 Å². The Kier molecular flexibility index (Phi) is 5.03. The quantitative estimate of drug-likeness (QED) is 0.648. The molecular formula is C22H25FN4. The van der Waals surface area contributed by atoms with Crippen molar-refractivity contribution in [1.82, 2.24) is 19.4 Å². The molecule has 1 aliphatic heterocycles. The van der Waals surface area contributed by atoms with E-state index in [4.69, 9.17) is 4.98 Å². The van der Waals surface area contributed by atoms with Gasteiger partial charge in [-0.3, -0.25) is 9.47 Å². The summed E-state index contributed by atoms with van der Waals surface area (Å²) in [5.74, 6) is 2.09. The fourth-order valence-electron chi connectivity index (χ4n) is 3.87. The molecule has 1 atom stereocenters. The normalized spacial score (nSPS) is 17.7. The third-order valence-electron chi connectivity index (χ3n) is 5.19. The van der Waals surface area contributed by atoms with E-state index in [1.165, 1.54) is 12.1 Å². The average molecular weight is 364 g/mol. The Morgan fingerprint density at radius 2 is 1.96 bits per heavy atom. The van der Waals surface area contributed by atoms with Gasteiger partial charge in [-0.2, -0.15) is 0 Å². The molecule has 1 fully saturated rings. The number of likely N-dealkylation sites (tertiary alicyclic amines) is 1. The van der Waals surface area contributed by atoms with Crippen LogP contribution >= 0.6 is 0 Å². The molecule has 27 heavy (non-hydrogen) atoms. The maximum atomic E-state index is 13.2. The molecule has 1 aliphatic rings. The van der Waals surface area contributed by atoms with Crippen LogP contribution in [0.2, 0.25) is 0 Å². The number of pyridine rings is 1. The predicted molar refractivity (Wildman–Crippen MR) is 104 cm³/mol. The van der Waals surface area contributed by atoms with Gasteiger partial charge in [0.1, 0.15) is 17.5 Å². The molecule has 3 heterocycles. The summed E-state index contributed by atoms with van der Waals surface area (Å²) in [4.78, 5) is 11.9. The summed E-state index contributed by atoms with van der Waals surface area (Å²) in [6.07, 6.45) is 6.06. The first-order valence-corrected chi connectivity index (χ1v) is 9.61. The van der Waals surface area contributed by atoms with Gasteiger partial charge in [-0.15, -0.1) is 0 Å². The zero-order chi connectivity index (χ0) is 18.8. The number of nitrogens with zero attached hydrogens (tertiary/aromatic N) is 4. The summed E-state index contributed by atoms with van der Waals surface area (Å²) < 4.78 is 15.3. The summed E-state index contributed by atoms with van der Waals surface area (Å²) in [7, 11) is 0. The van der Waals surface area contributed by atoms with Crippen LogP contribution in [-0.4, -0.2) is 26.0 Å². The highest BCUT2D eigenvalue weighted by molar-refractivity contribution is 5.29. The smallest absolute Gasteiger partial charge is 0.138 e. The molecule has 4 nitrogen and oxygen atoms in total. The van der Waals surface area contributed by atoms with Crippen molar-refractivity contribution in [2.24, 2.45) is 0 Å². The van der Waals surface area contributed by atoms with E-state index in [-0.39, 0.29) is 5.82 Å². The van der Waals surface area contributed by atoms with Crippen LogP contribution in [0.15, 0.2) is 54.9 Å². The fraction of sp³-hybridized carbons (Fsp3) is 0.364. The van der Waals surface area contributed by atoms with Crippen molar-refractivity contribution in [3.8, 4) is 5.82 Å². The minimum absolute atomic E-state index is 0.188. The van der Waals surface area contributed by atoms with Gasteiger partial charge in [-0.1, -0.05) is 32.0 Å². The third-order valence-corrected chi connectivity index (χ3v) is 5.19. The fourth-order valence-corrected chi connectivity index (χ4v) is 3.87. The first kappa shape index (κ1) is 17.9. The topological polar surface area (TPSA) is 34.0 Å². The van der Waals surface area contributed by atoms with Crippen LogP contribution in [0.3, 0.4) is 0 Å². The highest BCUT2D eigenvalue weighted by Gasteiger charge is 2.27. The second-order valence-electron chi connectivity index (χ2n) is 7.49. The van der Waals surface area contributed by atoms with Crippen LogP contribution in [0, 0.1) is 5.82 Å². The first-order valence-electron chi connectivity index (χ1n) is 9.61. The van der Waals surface area contributed by atoms with E-state index >= 15 is 0 Å². The Bertz CT molecular complexity index is 901. The lowest BCUT2D eigenvalue weighted by Gasteiger charge is -2.24. The van der Waals surface area contributed by atoms with Gasteiger partial charge in [0.25, 0.3) is 0 Å². The van der Waals surface area contributed by atoms with Crippen LogP contribution < -0.4 is 0 Å². The largest absolute Gasteiger partial charge is 0.291 e. The van der Waals surface area contributed by atoms with Crippen molar-refractivity contribution in [2.45, 2.75) is 45.2 Å². The number of hydrogen-bond acceptors (Lipinski definition) is 3. The van der Waals surface area contributed by atoms with Gasteiger partial charge in [-0.25, -0.2) is 14.4 Å². The molecule has 4 rings (SSSR count). The predicted octanol–water partition coefficient (Wildman–Crippen LogP) is 4.87. The van der Waals surface area contributed by atoms with Gasteiger partial charge in [0, 0.05) is 24.9 Å². The van der Waals surface area contributed by atoms with Crippen molar-refractivity contribution in [1.29, 1.82) is 0 Å². The Morgan fingerprint density at radius 1 is 1.15 bits per heavy atom. The Morgan fingerprint density at radius 3 is 2.74 bits per heavy atom. The van der Waals surface area contributed by atoms with E-state index in [0.29, 0.717) is 12.0 Å². The summed E-state index contributed by atoms with van der Waals surface area (Å²) in [6.45, 7) is 6.14. The monoisotopic (exact) mass is 364 g/mol. The number of imidazole rings is 1. The van der Waals surface area contributed by atoms with Crippen molar-refractivity contribution in [3.05, 3.63) is 77.8 Å². The van der Waals surface area contributed by atoms with Crippen LogP contribution in [0.4, 0.5) is 4.39 Å². The lowest BCUT2D eigenvalue weighted by atomic mass is 10.1. The summed E-state index contributed by atoms with van der Waals surface area (Å²) in [5, 5.41) is 0. The van der Waals surface area contributed by atoms with Crippen LogP contribution in [0.5, 0.6) is 0 Å². The maximum absolute atomic E-state index is 13.2. The second kappa shape index (κ2) is 7.61. The SMILES string of the molecule is CC(C)c1nccn1-c1cccc([C@@H]2CCCN2Cc2ccc(F)cc2)n1. The van der Waals surface area contributed by atoms with Crippen molar-refractivity contribution in [3.63, 3.8) is 0 Å². The first-order chi connectivity index (χ1) is 13.1. The third kappa shape index (κ3) is 3.78. The molecule has 0 amide bonds. The molecule has 3 aromatic rings. The van der Waals surface area contributed by atoms with Gasteiger partial charge in [0.15, 0.2) is 0 Å². The number of hydrogen-bond donors (Lipinski definition) is 0. The summed E-state index contributed by atoms with van der Waals surface area (Å²) in [6, 6.07) is 13.3. The molecule has 140 valence electrons. The van der Waals surface area contributed by atoms with E-state index in [0.717, 1.165) is 48.8 Å². The average Bonchev–Trinajstić information content (AvgIpc) is 3.33. The lowest BCUT2D eigenvalue weighted by Crippen LogP contribution is -2.23. The van der Waals surface area contributed by atoms with Crippen molar-refractivity contribution < 1.29 is 4.39 Å². The highest BCUT2D eigenvalue weighted by atomic mass is 19.1. The van der Waals surface area contributed by atoms with Gasteiger partial charge in [0.05, 0.1) is 11.7 Å². The molecule has 0 N–H and O–H groups in total. The Hall–Kier alpha value is -2.53. The zero-order valence-corrected chi connectivity index (χ0v) is 15.8. The molecule has 0 radical (unpaired) electrons. The van der Waals surface area contributed by atoms with E-state index in [2.05, 4.69) is 40.4 Å². The lowest BCUT2D eigenvalue weighted by molar-refractivity contribution is 0.244. The maximum Gasteiger partial charge on any atom is 0.138 e. The van der Waals surface area contributed by atoms with Gasteiger partial charge < -0.3 is 0 Å². The van der Waals surface area contributed by atoms with Crippen molar-refractivity contribution >= 4 is 0 Å². The van der Waals surface area contributed by atoms with E-state index < -0.39 is 0 Å². The molecule has 2 aromatic heterocycles. The number of halogens is 1. The Balaban J connectivity index is 1.59. The zero-order valence-electron chi connectivity index (χ0n) is 15.8. The molecule has 1 saturated heterocycles. The molecule has 1 aromatic carbocycles.